The van der Waals surface area contributed by atoms with Crippen molar-refractivity contribution in [1.29, 1.82) is 0 Å². The van der Waals surface area contributed by atoms with Gasteiger partial charge in [-0.05, 0) is 31.9 Å². The van der Waals surface area contributed by atoms with Gasteiger partial charge >= 0.3 is 0 Å². The van der Waals surface area contributed by atoms with Crippen LogP contribution in [0.25, 0.3) is 11.0 Å². The van der Waals surface area contributed by atoms with Crippen LogP contribution in [-0.4, -0.2) is 6.04 Å². The summed E-state index contributed by atoms with van der Waals surface area (Å²) in [5.41, 5.74) is 0.973. The zero-order valence-electron chi connectivity index (χ0n) is 10.0. The second kappa shape index (κ2) is 4.38. The van der Waals surface area contributed by atoms with Crippen LogP contribution in [0.1, 0.15) is 31.6 Å². The number of hydrogen-bond donors (Lipinski definition) is 1. The van der Waals surface area contributed by atoms with Crippen LogP contribution >= 0.6 is 0 Å². The lowest BCUT2D eigenvalue weighted by molar-refractivity contribution is 0.407. The minimum atomic E-state index is 0.271. The molecule has 0 saturated heterocycles. The highest BCUT2D eigenvalue weighted by Gasteiger charge is 2.16. The van der Waals surface area contributed by atoms with Gasteiger partial charge in [-0.25, -0.2) is 0 Å². The van der Waals surface area contributed by atoms with Gasteiger partial charge in [0.25, 0.3) is 0 Å². The van der Waals surface area contributed by atoms with Crippen molar-refractivity contribution in [1.82, 2.24) is 5.32 Å². The molecule has 0 amide bonds. The number of nitrogens with one attached hydrogen (secondary N) is 1. The first kappa shape index (κ1) is 10.6. The molecule has 2 aromatic rings. The summed E-state index contributed by atoms with van der Waals surface area (Å²) in [6.07, 6.45) is 6.74. The largest absolute Gasteiger partial charge is 0.459 e. The third-order valence-corrected chi connectivity index (χ3v) is 3.36. The highest BCUT2D eigenvalue weighted by molar-refractivity contribution is 5.77. The Balaban J connectivity index is 1.78. The van der Waals surface area contributed by atoms with Crippen LogP contribution in [0.3, 0.4) is 0 Å². The molecule has 1 aliphatic rings. The molecule has 0 spiro atoms. The van der Waals surface area contributed by atoms with Gasteiger partial charge in [0.2, 0.25) is 0 Å². The fourth-order valence-electron chi connectivity index (χ4n) is 2.40. The number of rotatable bonds is 3. The first-order chi connectivity index (χ1) is 8.33. The quantitative estimate of drug-likeness (QED) is 0.807. The average Bonchev–Trinajstić information content (AvgIpc) is 2.96. The normalized spacial score (nSPS) is 17.9. The summed E-state index contributed by atoms with van der Waals surface area (Å²) >= 11 is 0. The van der Waals surface area contributed by atoms with Crippen molar-refractivity contribution in [2.45, 2.75) is 31.8 Å². The maximum absolute atomic E-state index is 5.86. The summed E-state index contributed by atoms with van der Waals surface area (Å²) in [6.45, 7) is 2.16. The van der Waals surface area contributed by atoms with Gasteiger partial charge in [-0.2, -0.15) is 0 Å². The van der Waals surface area contributed by atoms with E-state index in [1.165, 1.54) is 5.39 Å². The van der Waals surface area contributed by atoms with Crippen molar-refractivity contribution in [3.05, 3.63) is 48.2 Å². The van der Waals surface area contributed by atoms with Crippen LogP contribution in [0, 0.1) is 0 Å². The molecule has 1 aromatic heterocycles. The molecule has 1 N–H and O–H groups in total. The predicted octanol–water partition coefficient (Wildman–Crippen LogP) is 3.80. The van der Waals surface area contributed by atoms with Crippen molar-refractivity contribution in [3.63, 3.8) is 0 Å². The topological polar surface area (TPSA) is 25.2 Å². The van der Waals surface area contributed by atoms with E-state index in [9.17, 15) is 0 Å². The third kappa shape index (κ3) is 2.13. The second-order valence-electron chi connectivity index (χ2n) is 4.71. The molecular formula is C15H17NO. The average molecular weight is 227 g/mol. The van der Waals surface area contributed by atoms with E-state index in [1.54, 1.807) is 0 Å². The maximum Gasteiger partial charge on any atom is 0.134 e. The molecule has 0 fully saturated rings. The first-order valence-electron chi connectivity index (χ1n) is 6.22. The molecule has 2 nitrogen and oxygen atoms in total. The van der Waals surface area contributed by atoms with E-state index in [0.29, 0.717) is 6.04 Å². The van der Waals surface area contributed by atoms with Crippen LogP contribution in [0.4, 0.5) is 0 Å². The smallest absolute Gasteiger partial charge is 0.134 e. The Morgan fingerprint density at radius 3 is 2.76 bits per heavy atom. The first-order valence-corrected chi connectivity index (χ1v) is 6.22. The van der Waals surface area contributed by atoms with Crippen LogP contribution in [0.15, 0.2) is 46.9 Å². The molecule has 0 saturated carbocycles. The van der Waals surface area contributed by atoms with Crippen molar-refractivity contribution < 1.29 is 4.42 Å². The molecule has 3 rings (SSSR count). The molecule has 1 atom stereocenters. The fourth-order valence-corrected chi connectivity index (χ4v) is 2.40. The van der Waals surface area contributed by atoms with Crippen molar-refractivity contribution in [2.75, 3.05) is 0 Å². The Morgan fingerprint density at radius 1 is 1.24 bits per heavy atom. The Labute approximate surface area is 101 Å². The maximum atomic E-state index is 5.86. The van der Waals surface area contributed by atoms with Gasteiger partial charge in [-0.1, -0.05) is 30.4 Å². The predicted molar refractivity (Wildman–Crippen MR) is 69.9 cm³/mol. The van der Waals surface area contributed by atoms with E-state index in [1.807, 2.05) is 18.2 Å². The molecule has 1 aromatic carbocycles. The summed E-state index contributed by atoms with van der Waals surface area (Å²) in [7, 11) is 0. The molecule has 17 heavy (non-hydrogen) atoms. The summed E-state index contributed by atoms with van der Waals surface area (Å²) < 4.78 is 5.86. The molecular weight excluding hydrogens is 210 g/mol. The van der Waals surface area contributed by atoms with Crippen LogP contribution < -0.4 is 5.32 Å². The summed E-state index contributed by atoms with van der Waals surface area (Å²) in [5.74, 6) is 1.03. The number of fused-ring (bicyclic) bond motifs is 1. The van der Waals surface area contributed by atoms with E-state index in [4.69, 9.17) is 4.42 Å². The summed E-state index contributed by atoms with van der Waals surface area (Å²) in [4.78, 5) is 0. The van der Waals surface area contributed by atoms with Crippen molar-refractivity contribution >= 4 is 11.0 Å². The molecule has 0 aliphatic heterocycles. The van der Waals surface area contributed by atoms with Gasteiger partial charge in [0.1, 0.15) is 11.3 Å². The van der Waals surface area contributed by atoms with Crippen LogP contribution in [0.2, 0.25) is 0 Å². The molecule has 0 radical (unpaired) electrons. The molecule has 0 bridgehead atoms. The number of benzene rings is 1. The Hall–Kier alpha value is -1.54. The Morgan fingerprint density at radius 2 is 2.00 bits per heavy atom. The van der Waals surface area contributed by atoms with Gasteiger partial charge in [0.05, 0.1) is 6.04 Å². The third-order valence-electron chi connectivity index (χ3n) is 3.36. The lowest BCUT2D eigenvalue weighted by atomic mass is 10.1. The standard InChI is InChI=1S/C15H17NO/c1-11(16-13-7-3-4-8-13)15-10-12-6-2-5-9-14(12)17-15/h2-6,9-11,13,16H,7-8H2,1H3. The van der Waals surface area contributed by atoms with E-state index < -0.39 is 0 Å². The molecule has 1 unspecified atom stereocenters. The number of hydrogen-bond acceptors (Lipinski definition) is 2. The lowest BCUT2D eigenvalue weighted by Gasteiger charge is -2.17. The summed E-state index contributed by atoms with van der Waals surface area (Å²) in [6, 6.07) is 11.1. The molecule has 1 aliphatic carbocycles. The minimum absolute atomic E-state index is 0.271. The van der Waals surface area contributed by atoms with Gasteiger partial charge in [-0.3, -0.25) is 0 Å². The monoisotopic (exact) mass is 227 g/mol. The zero-order valence-corrected chi connectivity index (χ0v) is 10.0. The molecule has 88 valence electrons. The molecule has 2 heteroatoms. The van der Waals surface area contributed by atoms with Gasteiger partial charge in [0, 0.05) is 11.4 Å². The highest BCUT2D eigenvalue weighted by Crippen LogP contribution is 2.24. The van der Waals surface area contributed by atoms with E-state index in [-0.39, 0.29) is 6.04 Å². The number of furan rings is 1. The van der Waals surface area contributed by atoms with Crippen LogP contribution in [-0.2, 0) is 0 Å². The molecule has 1 heterocycles. The highest BCUT2D eigenvalue weighted by atomic mass is 16.3. The van der Waals surface area contributed by atoms with Gasteiger partial charge < -0.3 is 9.73 Å². The number of para-hydroxylation sites is 1. The lowest BCUT2D eigenvalue weighted by Crippen LogP contribution is -2.28. The van der Waals surface area contributed by atoms with Gasteiger partial charge in [-0.15, -0.1) is 0 Å². The minimum Gasteiger partial charge on any atom is -0.459 e. The summed E-state index contributed by atoms with van der Waals surface area (Å²) in [5, 5.41) is 4.78. The van der Waals surface area contributed by atoms with E-state index in [0.717, 1.165) is 24.2 Å². The Bertz CT molecular complexity index is 500. The van der Waals surface area contributed by atoms with Gasteiger partial charge in [0.15, 0.2) is 0 Å². The zero-order chi connectivity index (χ0) is 11.7. The van der Waals surface area contributed by atoms with Crippen molar-refractivity contribution in [3.8, 4) is 0 Å². The van der Waals surface area contributed by atoms with Crippen LogP contribution in [0.5, 0.6) is 0 Å². The van der Waals surface area contributed by atoms with Crippen molar-refractivity contribution in [2.24, 2.45) is 0 Å². The fraction of sp³-hybridized carbons (Fsp3) is 0.333. The Kier molecular flexibility index (Phi) is 2.73. The SMILES string of the molecule is CC(NC1CC=CC1)c1cc2ccccc2o1. The van der Waals surface area contributed by atoms with E-state index in [2.05, 4.69) is 36.5 Å². The second-order valence-corrected chi connectivity index (χ2v) is 4.71. The van der Waals surface area contributed by atoms with E-state index >= 15 is 0 Å².